The fourth-order valence-corrected chi connectivity index (χ4v) is 1.57. The first kappa shape index (κ1) is 16.7. The van der Waals surface area contributed by atoms with E-state index in [-0.39, 0.29) is 11.9 Å². The van der Waals surface area contributed by atoms with E-state index in [9.17, 15) is 4.79 Å². The molecule has 0 aromatic heterocycles. The third kappa shape index (κ3) is 6.47. The van der Waals surface area contributed by atoms with Gasteiger partial charge < -0.3 is 15.4 Å². The molecule has 0 amide bonds. The first-order valence-corrected chi connectivity index (χ1v) is 6.61. The van der Waals surface area contributed by atoms with Crippen LogP contribution in [0.5, 0.6) is 0 Å². The highest BCUT2D eigenvalue weighted by molar-refractivity contribution is 5.80. The molecular formula is C13H27N3O2. The molecule has 0 saturated carbocycles. The van der Waals surface area contributed by atoms with Gasteiger partial charge in [0.05, 0.1) is 13.0 Å². The molecule has 5 heteroatoms. The second-order valence-corrected chi connectivity index (χ2v) is 4.44. The second-order valence-electron chi connectivity index (χ2n) is 4.44. The molecule has 0 aliphatic heterocycles. The van der Waals surface area contributed by atoms with Gasteiger partial charge in [0.1, 0.15) is 0 Å². The third-order valence-corrected chi connectivity index (χ3v) is 3.12. The second kappa shape index (κ2) is 9.74. The molecule has 0 rings (SSSR count). The summed E-state index contributed by atoms with van der Waals surface area (Å²) in [5, 5.41) is 6.40. The van der Waals surface area contributed by atoms with E-state index in [0.29, 0.717) is 12.5 Å². The van der Waals surface area contributed by atoms with E-state index in [1.165, 1.54) is 7.11 Å². The number of carbonyl (C=O) groups excluding carboxylic acids is 1. The molecule has 0 spiro atoms. The lowest BCUT2D eigenvalue weighted by molar-refractivity contribution is -0.144. The number of nitrogens with zero attached hydrogens (tertiary/aromatic N) is 1. The van der Waals surface area contributed by atoms with Crippen LogP contribution >= 0.6 is 0 Å². The van der Waals surface area contributed by atoms with Gasteiger partial charge in [0.15, 0.2) is 5.96 Å². The number of carbonyl (C=O) groups is 1. The largest absolute Gasteiger partial charge is 0.469 e. The van der Waals surface area contributed by atoms with Gasteiger partial charge in [-0.3, -0.25) is 9.79 Å². The molecule has 18 heavy (non-hydrogen) atoms. The van der Waals surface area contributed by atoms with Crippen molar-refractivity contribution in [1.29, 1.82) is 0 Å². The van der Waals surface area contributed by atoms with E-state index >= 15 is 0 Å². The van der Waals surface area contributed by atoms with Crippen LogP contribution in [0.1, 0.15) is 33.6 Å². The standard InChI is InChI=1S/C13H27N3O2/c1-6-11(7-2)9-16-13(14-4)15-8-10(3)12(17)18-5/h10-11H,6-9H2,1-5H3,(H2,14,15,16). The Morgan fingerprint density at radius 2 is 1.78 bits per heavy atom. The summed E-state index contributed by atoms with van der Waals surface area (Å²) in [5.41, 5.74) is 0. The monoisotopic (exact) mass is 257 g/mol. The molecule has 0 heterocycles. The van der Waals surface area contributed by atoms with Crippen LogP contribution in [0.3, 0.4) is 0 Å². The highest BCUT2D eigenvalue weighted by atomic mass is 16.5. The number of guanidine groups is 1. The number of methoxy groups -OCH3 is 1. The molecule has 5 nitrogen and oxygen atoms in total. The van der Waals surface area contributed by atoms with Crippen molar-refractivity contribution >= 4 is 11.9 Å². The predicted molar refractivity (Wildman–Crippen MR) is 74.6 cm³/mol. The molecule has 0 saturated heterocycles. The van der Waals surface area contributed by atoms with Crippen LogP contribution in [-0.2, 0) is 9.53 Å². The number of hydrogen-bond acceptors (Lipinski definition) is 3. The minimum atomic E-state index is -0.210. The number of ether oxygens (including phenoxy) is 1. The zero-order valence-electron chi connectivity index (χ0n) is 12.2. The van der Waals surface area contributed by atoms with E-state index < -0.39 is 0 Å². The molecule has 1 atom stereocenters. The maximum Gasteiger partial charge on any atom is 0.310 e. The van der Waals surface area contributed by atoms with Gasteiger partial charge in [0.25, 0.3) is 0 Å². The number of esters is 1. The Bertz CT molecular complexity index is 263. The van der Waals surface area contributed by atoms with Gasteiger partial charge in [0, 0.05) is 20.1 Å². The molecule has 0 aromatic carbocycles. The van der Waals surface area contributed by atoms with Crippen molar-refractivity contribution in [2.75, 3.05) is 27.2 Å². The van der Waals surface area contributed by atoms with E-state index in [1.807, 2.05) is 6.92 Å². The first-order valence-electron chi connectivity index (χ1n) is 6.61. The van der Waals surface area contributed by atoms with Crippen molar-refractivity contribution in [2.24, 2.45) is 16.8 Å². The Kier molecular flexibility index (Phi) is 9.06. The fraction of sp³-hybridized carbons (Fsp3) is 0.846. The Hall–Kier alpha value is -1.26. The SMILES string of the molecule is CCC(CC)CNC(=NC)NCC(C)C(=O)OC. The minimum Gasteiger partial charge on any atom is -0.469 e. The van der Waals surface area contributed by atoms with Crippen molar-refractivity contribution in [1.82, 2.24) is 10.6 Å². The maximum absolute atomic E-state index is 11.2. The van der Waals surface area contributed by atoms with E-state index in [4.69, 9.17) is 0 Å². The lowest BCUT2D eigenvalue weighted by Crippen LogP contribution is -2.42. The zero-order valence-corrected chi connectivity index (χ0v) is 12.2. The average Bonchev–Trinajstić information content (AvgIpc) is 2.41. The molecule has 0 aliphatic rings. The molecule has 0 bridgehead atoms. The summed E-state index contributed by atoms with van der Waals surface area (Å²) in [6.45, 7) is 7.62. The van der Waals surface area contributed by atoms with Gasteiger partial charge in [-0.25, -0.2) is 0 Å². The van der Waals surface area contributed by atoms with Gasteiger partial charge in [-0.05, 0) is 5.92 Å². The minimum absolute atomic E-state index is 0.179. The van der Waals surface area contributed by atoms with Crippen LogP contribution in [0.25, 0.3) is 0 Å². The van der Waals surface area contributed by atoms with Crippen molar-refractivity contribution in [3.05, 3.63) is 0 Å². The first-order chi connectivity index (χ1) is 8.58. The third-order valence-electron chi connectivity index (χ3n) is 3.12. The van der Waals surface area contributed by atoms with Crippen molar-refractivity contribution < 1.29 is 9.53 Å². The summed E-state index contributed by atoms with van der Waals surface area (Å²) in [4.78, 5) is 15.4. The summed E-state index contributed by atoms with van der Waals surface area (Å²) in [6, 6.07) is 0. The van der Waals surface area contributed by atoms with Gasteiger partial charge in [0.2, 0.25) is 0 Å². The van der Waals surface area contributed by atoms with Gasteiger partial charge in [-0.2, -0.15) is 0 Å². The lowest BCUT2D eigenvalue weighted by atomic mass is 10.0. The van der Waals surface area contributed by atoms with Gasteiger partial charge in [-0.15, -0.1) is 0 Å². The molecule has 106 valence electrons. The van der Waals surface area contributed by atoms with Gasteiger partial charge >= 0.3 is 5.97 Å². The Labute approximate surface area is 110 Å². The molecular weight excluding hydrogens is 230 g/mol. The Balaban J connectivity index is 4.02. The summed E-state index contributed by atoms with van der Waals surface area (Å²) in [5.74, 6) is 0.999. The fourth-order valence-electron chi connectivity index (χ4n) is 1.57. The Morgan fingerprint density at radius 1 is 1.22 bits per heavy atom. The zero-order chi connectivity index (χ0) is 14.0. The van der Waals surface area contributed by atoms with Crippen LogP contribution in [0.2, 0.25) is 0 Å². The molecule has 0 aliphatic carbocycles. The normalized spacial score (nSPS) is 13.3. The molecule has 0 radical (unpaired) electrons. The van der Waals surface area contributed by atoms with Crippen LogP contribution in [0, 0.1) is 11.8 Å². The summed E-state index contributed by atoms with van der Waals surface area (Å²) >= 11 is 0. The number of hydrogen-bond donors (Lipinski definition) is 2. The predicted octanol–water partition coefficient (Wildman–Crippen LogP) is 1.40. The van der Waals surface area contributed by atoms with Crippen molar-refractivity contribution in [3.8, 4) is 0 Å². The van der Waals surface area contributed by atoms with Crippen LogP contribution in [0.4, 0.5) is 0 Å². The van der Waals surface area contributed by atoms with Crippen LogP contribution in [0.15, 0.2) is 4.99 Å². The number of nitrogens with one attached hydrogen (secondary N) is 2. The lowest BCUT2D eigenvalue weighted by Gasteiger charge is -2.18. The highest BCUT2D eigenvalue weighted by Crippen LogP contribution is 2.04. The summed E-state index contributed by atoms with van der Waals surface area (Å²) < 4.78 is 4.67. The quantitative estimate of drug-likeness (QED) is 0.411. The Morgan fingerprint density at radius 3 is 2.22 bits per heavy atom. The topological polar surface area (TPSA) is 62.7 Å². The molecule has 2 N–H and O–H groups in total. The van der Waals surface area contributed by atoms with Crippen LogP contribution < -0.4 is 10.6 Å². The molecule has 0 fully saturated rings. The number of aliphatic imine (C=N–C) groups is 1. The number of rotatable bonds is 7. The van der Waals surface area contributed by atoms with Crippen molar-refractivity contribution in [3.63, 3.8) is 0 Å². The smallest absolute Gasteiger partial charge is 0.310 e. The highest BCUT2D eigenvalue weighted by Gasteiger charge is 2.13. The van der Waals surface area contributed by atoms with E-state index in [2.05, 4.69) is 34.2 Å². The van der Waals surface area contributed by atoms with E-state index in [1.54, 1.807) is 7.05 Å². The maximum atomic E-state index is 11.2. The van der Waals surface area contributed by atoms with Crippen molar-refractivity contribution in [2.45, 2.75) is 33.6 Å². The summed E-state index contributed by atoms with van der Waals surface area (Å²) in [7, 11) is 3.13. The van der Waals surface area contributed by atoms with Crippen LogP contribution in [-0.4, -0.2) is 39.2 Å². The molecule has 1 unspecified atom stereocenters. The summed E-state index contributed by atoms with van der Waals surface area (Å²) in [6.07, 6.45) is 2.30. The van der Waals surface area contributed by atoms with Gasteiger partial charge in [-0.1, -0.05) is 33.6 Å². The molecule has 0 aromatic rings. The average molecular weight is 257 g/mol. The van der Waals surface area contributed by atoms with E-state index in [0.717, 1.165) is 25.3 Å².